The number of imidazole rings is 1. The van der Waals surface area contributed by atoms with Crippen LogP contribution in [0.5, 0.6) is 5.75 Å². The van der Waals surface area contributed by atoms with Crippen LogP contribution in [-0.2, 0) is 38.0 Å². The number of benzene rings is 3. The number of carboxylic acids is 1. The van der Waals surface area contributed by atoms with E-state index in [2.05, 4.69) is 20.5 Å². The van der Waals surface area contributed by atoms with Gasteiger partial charge in [-0.25, -0.2) is 4.98 Å². The highest BCUT2D eigenvalue weighted by molar-refractivity contribution is 7.99. The zero-order valence-corrected chi connectivity index (χ0v) is 24.3. The number of nitrogens with one attached hydrogen (secondary N) is 1. The van der Waals surface area contributed by atoms with E-state index in [1.54, 1.807) is 10.9 Å². The summed E-state index contributed by atoms with van der Waals surface area (Å²) in [6, 6.07) is 23.4. The predicted molar refractivity (Wildman–Crippen MR) is 159 cm³/mol. The van der Waals surface area contributed by atoms with E-state index in [-0.39, 0.29) is 11.6 Å². The number of rotatable bonds is 12. The monoisotopic (exact) mass is 608 g/mol. The molecule has 5 aromatic rings. The zero-order chi connectivity index (χ0) is 28.8. The Morgan fingerprint density at radius 2 is 1.80 bits per heavy atom. The molecule has 0 aliphatic heterocycles. The second kappa shape index (κ2) is 13.1. The van der Waals surface area contributed by atoms with Crippen LogP contribution in [0.2, 0.25) is 10.3 Å². The minimum atomic E-state index is -0.853. The molecule has 2 N–H and O–H groups in total. The molecule has 2 heterocycles. The van der Waals surface area contributed by atoms with Gasteiger partial charge in [0.05, 0.1) is 19.3 Å². The van der Waals surface area contributed by atoms with E-state index >= 15 is 0 Å². The normalized spacial score (nSPS) is 11.0. The Labute approximate surface area is 251 Å². The summed E-state index contributed by atoms with van der Waals surface area (Å²) < 4.78 is 9.90. The van der Waals surface area contributed by atoms with Crippen molar-refractivity contribution in [1.29, 1.82) is 0 Å². The van der Waals surface area contributed by atoms with Crippen LogP contribution in [-0.4, -0.2) is 35.4 Å². The molecule has 0 saturated carbocycles. The summed E-state index contributed by atoms with van der Waals surface area (Å²) in [4.78, 5) is 15.9. The van der Waals surface area contributed by atoms with E-state index in [4.69, 9.17) is 33.0 Å². The quantitative estimate of drug-likeness (QED) is 0.169. The molecule has 0 aliphatic carbocycles. The molecule has 0 aliphatic rings. The fraction of sp³-hybridized carbons (Fsp3) is 0.172. The van der Waals surface area contributed by atoms with Crippen LogP contribution in [0.3, 0.4) is 0 Å². The van der Waals surface area contributed by atoms with Crippen molar-refractivity contribution in [3.05, 3.63) is 112 Å². The molecule has 5 rings (SSSR count). The minimum Gasteiger partial charge on any atom is -0.489 e. The van der Waals surface area contributed by atoms with E-state index < -0.39 is 5.97 Å². The van der Waals surface area contributed by atoms with Gasteiger partial charge in [0.25, 0.3) is 0 Å². The molecule has 0 bridgehead atoms. The van der Waals surface area contributed by atoms with Gasteiger partial charge in [-0.05, 0) is 47.2 Å². The molecule has 0 radical (unpaired) electrons. The van der Waals surface area contributed by atoms with Crippen LogP contribution in [0, 0.1) is 0 Å². The molecule has 3 aromatic carbocycles. The van der Waals surface area contributed by atoms with Crippen molar-refractivity contribution in [3.63, 3.8) is 0 Å². The highest BCUT2D eigenvalue weighted by Crippen LogP contribution is 2.32. The Balaban J connectivity index is 1.32. The first-order valence-electron chi connectivity index (χ1n) is 12.6. The molecule has 210 valence electrons. The van der Waals surface area contributed by atoms with Gasteiger partial charge in [-0.15, -0.1) is 10.2 Å². The van der Waals surface area contributed by atoms with Gasteiger partial charge in [0.1, 0.15) is 17.5 Å². The van der Waals surface area contributed by atoms with Crippen LogP contribution >= 0.6 is 35.0 Å². The number of aliphatic carboxylic acids is 1. The molecular formula is C29H26Cl2N6O3S. The smallest absolute Gasteiger partial charge is 0.307 e. The lowest BCUT2D eigenvalue weighted by atomic mass is 10.1. The topological polar surface area (TPSA) is 107 Å². The number of carboxylic acid groups (broad SMARTS) is 1. The maximum atomic E-state index is 11.0. The number of halogens is 2. The lowest BCUT2D eigenvalue weighted by Crippen LogP contribution is -2.06. The zero-order valence-electron chi connectivity index (χ0n) is 22.0. The average molecular weight is 610 g/mol. The van der Waals surface area contributed by atoms with Crippen molar-refractivity contribution in [2.75, 3.05) is 5.32 Å². The van der Waals surface area contributed by atoms with Crippen LogP contribution in [0.4, 0.5) is 5.69 Å². The number of hydrogen-bond acceptors (Lipinski definition) is 7. The van der Waals surface area contributed by atoms with Gasteiger partial charge >= 0.3 is 5.97 Å². The van der Waals surface area contributed by atoms with Crippen molar-refractivity contribution >= 4 is 46.6 Å². The number of carbonyl (C=O) groups is 1. The van der Waals surface area contributed by atoms with E-state index in [0.29, 0.717) is 35.8 Å². The first-order valence-corrected chi connectivity index (χ1v) is 14.2. The van der Waals surface area contributed by atoms with Crippen LogP contribution < -0.4 is 10.1 Å². The van der Waals surface area contributed by atoms with Gasteiger partial charge < -0.3 is 24.3 Å². The Morgan fingerprint density at radius 1 is 1.02 bits per heavy atom. The van der Waals surface area contributed by atoms with Gasteiger partial charge in [0.2, 0.25) is 0 Å². The standard InChI is InChI=1S/C29H26Cl2N6O3S/c1-36-25(16-37-18-33-27(30)28(37)31)34-35-29(36)41-23-12-9-21(24(14-23)40-17-20-5-3-2-4-6-20)15-32-22-10-7-19(8-11-22)13-26(38)39/h2-12,14,18,32H,13,15-17H2,1H3,(H,38,39). The minimum absolute atomic E-state index is 0.00441. The SMILES string of the molecule is Cn1c(Cn2cnc(Cl)c2Cl)nnc1Sc1ccc(CNc2ccc(CC(=O)O)cc2)c(OCc2ccccc2)c1. The number of anilines is 1. The first kappa shape index (κ1) is 28.5. The lowest BCUT2D eigenvalue weighted by molar-refractivity contribution is -0.136. The summed E-state index contributed by atoms with van der Waals surface area (Å²) in [6.07, 6.45) is 1.56. The number of ether oxygens (including phenoxy) is 1. The second-order valence-corrected chi connectivity index (χ2v) is 10.9. The van der Waals surface area contributed by atoms with E-state index in [9.17, 15) is 4.79 Å². The largest absolute Gasteiger partial charge is 0.489 e. The third-order valence-electron chi connectivity index (χ3n) is 6.25. The molecular weight excluding hydrogens is 583 g/mol. The lowest BCUT2D eigenvalue weighted by Gasteiger charge is -2.15. The summed E-state index contributed by atoms with van der Waals surface area (Å²) in [7, 11) is 1.90. The molecule has 0 unspecified atom stereocenters. The summed E-state index contributed by atoms with van der Waals surface area (Å²) in [6.45, 7) is 1.33. The maximum Gasteiger partial charge on any atom is 0.307 e. The van der Waals surface area contributed by atoms with E-state index in [0.717, 1.165) is 33.0 Å². The fourth-order valence-electron chi connectivity index (χ4n) is 4.01. The Kier molecular flexibility index (Phi) is 9.13. The van der Waals surface area contributed by atoms with Gasteiger partial charge in [0.15, 0.2) is 16.1 Å². The van der Waals surface area contributed by atoms with Crippen LogP contribution in [0.15, 0.2) is 89.2 Å². The molecule has 2 aromatic heterocycles. The number of hydrogen-bond donors (Lipinski definition) is 2. The van der Waals surface area contributed by atoms with Crippen molar-refractivity contribution in [2.24, 2.45) is 7.05 Å². The highest BCUT2D eigenvalue weighted by atomic mass is 35.5. The van der Waals surface area contributed by atoms with Crippen molar-refractivity contribution in [1.82, 2.24) is 24.3 Å². The van der Waals surface area contributed by atoms with Crippen molar-refractivity contribution in [2.45, 2.75) is 36.2 Å². The van der Waals surface area contributed by atoms with Crippen molar-refractivity contribution in [3.8, 4) is 5.75 Å². The van der Waals surface area contributed by atoms with Gasteiger partial charge in [0, 0.05) is 29.7 Å². The second-order valence-electron chi connectivity index (χ2n) is 9.18. The van der Waals surface area contributed by atoms with Gasteiger partial charge in [-0.3, -0.25) is 4.79 Å². The predicted octanol–water partition coefficient (Wildman–Crippen LogP) is 6.34. The molecule has 0 spiro atoms. The molecule has 0 saturated heterocycles. The van der Waals surface area contributed by atoms with Gasteiger partial charge in [-0.2, -0.15) is 0 Å². The summed E-state index contributed by atoms with van der Waals surface area (Å²) in [5.74, 6) is 0.601. The van der Waals surface area contributed by atoms with Crippen LogP contribution in [0.25, 0.3) is 0 Å². The summed E-state index contributed by atoms with van der Waals surface area (Å²) in [5.41, 5.74) is 3.68. The molecule has 0 amide bonds. The Morgan fingerprint density at radius 3 is 2.51 bits per heavy atom. The first-order chi connectivity index (χ1) is 19.9. The van der Waals surface area contributed by atoms with Crippen molar-refractivity contribution < 1.29 is 14.6 Å². The molecule has 0 atom stereocenters. The fourth-order valence-corrected chi connectivity index (χ4v) is 5.15. The van der Waals surface area contributed by atoms with E-state index in [1.165, 1.54) is 11.8 Å². The molecule has 41 heavy (non-hydrogen) atoms. The third-order valence-corrected chi connectivity index (χ3v) is 8.04. The maximum absolute atomic E-state index is 11.0. The average Bonchev–Trinajstić information content (AvgIpc) is 3.48. The number of aromatic nitrogens is 5. The van der Waals surface area contributed by atoms with Gasteiger partial charge in [-0.1, -0.05) is 71.7 Å². The Bertz CT molecular complexity index is 1640. The molecule has 9 nitrogen and oxygen atoms in total. The van der Waals surface area contributed by atoms with Crippen LogP contribution in [0.1, 0.15) is 22.5 Å². The highest BCUT2D eigenvalue weighted by Gasteiger charge is 2.15. The molecule has 0 fully saturated rings. The number of nitrogens with zero attached hydrogens (tertiary/aromatic N) is 5. The third kappa shape index (κ3) is 7.40. The molecule has 12 heteroatoms. The summed E-state index contributed by atoms with van der Waals surface area (Å²) >= 11 is 13.7. The van der Waals surface area contributed by atoms with E-state index in [1.807, 2.05) is 84.4 Å². The Hall–Kier alpha value is -3.99. The summed E-state index contributed by atoms with van der Waals surface area (Å²) in [5, 5.41) is 22.4.